The molecule has 0 aliphatic carbocycles. The van der Waals surface area contributed by atoms with Gasteiger partial charge < -0.3 is 14.8 Å². The Hall–Kier alpha value is -2.05. The molecular weight excluding hydrogens is 350 g/mol. The lowest BCUT2D eigenvalue weighted by molar-refractivity contribution is -0.119. The van der Waals surface area contributed by atoms with E-state index in [9.17, 15) is 14.7 Å². The summed E-state index contributed by atoms with van der Waals surface area (Å²) in [5.41, 5.74) is -0.199. The third-order valence-corrected chi connectivity index (χ3v) is 4.50. The number of H-pyrrole nitrogens is 1. The Balaban J connectivity index is 2.54. The maximum absolute atomic E-state index is 12.1. The zero-order valence-corrected chi connectivity index (χ0v) is 15.3. The Kier molecular flexibility index (Phi) is 5.20. The first-order valence-electron chi connectivity index (χ1n) is 7.15. The highest BCUT2D eigenvalue weighted by atomic mass is 35.5. The first-order chi connectivity index (χ1) is 11.1. The summed E-state index contributed by atoms with van der Waals surface area (Å²) in [6.07, 6.45) is 3.06. The summed E-state index contributed by atoms with van der Waals surface area (Å²) in [5, 5.41) is 9.87. The molecule has 0 saturated heterocycles. The molecule has 0 atom stereocenters. The first kappa shape index (κ1) is 18.3. The molecule has 0 fully saturated rings. The number of halogens is 1. The Morgan fingerprint density at radius 3 is 2.62 bits per heavy atom. The van der Waals surface area contributed by atoms with Crippen molar-refractivity contribution in [3.05, 3.63) is 42.3 Å². The van der Waals surface area contributed by atoms with Gasteiger partial charge in [-0.25, -0.2) is 0 Å². The van der Waals surface area contributed by atoms with Gasteiger partial charge in [-0.1, -0.05) is 32.4 Å². The molecule has 1 aromatic heterocycles. The van der Waals surface area contributed by atoms with Crippen LogP contribution in [-0.4, -0.2) is 23.0 Å². The highest BCUT2D eigenvalue weighted by molar-refractivity contribution is 7.07. The van der Waals surface area contributed by atoms with E-state index in [-0.39, 0.29) is 27.9 Å². The lowest BCUT2D eigenvalue weighted by Crippen LogP contribution is -2.22. The number of phenols is 1. The molecule has 0 bridgehead atoms. The highest BCUT2D eigenvalue weighted by Gasteiger charge is 2.18. The number of aromatic hydroxyl groups is 1. The molecule has 0 aliphatic heterocycles. The molecule has 0 radical (unpaired) electrons. The molecule has 0 spiro atoms. The second kappa shape index (κ2) is 6.83. The summed E-state index contributed by atoms with van der Waals surface area (Å²) in [5.74, 6) is -0.00136. The van der Waals surface area contributed by atoms with Crippen LogP contribution in [0.25, 0.3) is 12.2 Å². The SMILES string of the molecule is COc1cc(C=c2sc(=CC(=O)C(C)(C)C)[nH]c2=O)cc(Cl)c1O. The van der Waals surface area contributed by atoms with Gasteiger partial charge in [-0.3, -0.25) is 9.59 Å². The number of aromatic nitrogens is 1. The summed E-state index contributed by atoms with van der Waals surface area (Å²) < 4.78 is 5.95. The van der Waals surface area contributed by atoms with Crippen molar-refractivity contribution >= 4 is 40.9 Å². The van der Waals surface area contributed by atoms with Crippen molar-refractivity contribution in [1.29, 1.82) is 0 Å². The Morgan fingerprint density at radius 2 is 2.04 bits per heavy atom. The second-order valence-corrected chi connectivity index (χ2v) is 7.73. The quantitative estimate of drug-likeness (QED) is 0.870. The number of phenolic OH excluding ortho intramolecular Hbond substituents is 1. The molecule has 1 heterocycles. The Morgan fingerprint density at radius 1 is 1.38 bits per heavy atom. The molecule has 7 heteroatoms. The third-order valence-electron chi connectivity index (χ3n) is 3.25. The molecule has 128 valence electrons. The van der Waals surface area contributed by atoms with Crippen molar-refractivity contribution in [2.24, 2.45) is 5.41 Å². The predicted molar refractivity (Wildman–Crippen MR) is 96.4 cm³/mol. The standard InChI is InChI=1S/C17H18ClNO4S/c1-17(2,3)13(20)8-14-19-16(22)12(24-14)7-9-5-10(18)15(21)11(6-9)23-4/h5-8,21H,1-4H3,(H,19,22). The number of hydrogen-bond acceptors (Lipinski definition) is 5. The van der Waals surface area contributed by atoms with Gasteiger partial charge in [0.2, 0.25) is 0 Å². The van der Waals surface area contributed by atoms with Crippen LogP contribution in [-0.2, 0) is 4.79 Å². The van der Waals surface area contributed by atoms with Crippen LogP contribution in [0.5, 0.6) is 11.5 Å². The minimum atomic E-state index is -0.511. The van der Waals surface area contributed by atoms with E-state index >= 15 is 0 Å². The molecule has 0 unspecified atom stereocenters. The van der Waals surface area contributed by atoms with E-state index in [2.05, 4.69) is 4.98 Å². The smallest absolute Gasteiger partial charge is 0.266 e. The fourth-order valence-corrected chi connectivity index (χ4v) is 2.95. The number of rotatable bonds is 3. The number of carbonyl (C=O) groups excluding carboxylic acids is 1. The molecular formula is C17H18ClNO4S. The van der Waals surface area contributed by atoms with Crippen LogP contribution in [0, 0.1) is 5.41 Å². The number of Topliss-reactive ketones (excluding diaryl/α,β-unsaturated/α-hetero) is 1. The second-order valence-electron chi connectivity index (χ2n) is 6.24. The van der Waals surface area contributed by atoms with Gasteiger partial charge in [0.25, 0.3) is 5.56 Å². The van der Waals surface area contributed by atoms with Crippen molar-refractivity contribution in [2.75, 3.05) is 7.11 Å². The number of aromatic amines is 1. The monoisotopic (exact) mass is 367 g/mol. The number of nitrogens with one attached hydrogen (secondary N) is 1. The van der Waals surface area contributed by atoms with Crippen LogP contribution < -0.4 is 19.5 Å². The highest BCUT2D eigenvalue weighted by Crippen LogP contribution is 2.34. The molecule has 0 aliphatic rings. The fraction of sp³-hybridized carbons (Fsp3) is 0.294. The lowest BCUT2D eigenvalue weighted by Gasteiger charge is -2.12. The van der Waals surface area contributed by atoms with Crippen LogP contribution in [0.3, 0.4) is 0 Å². The van der Waals surface area contributed by atoms with E-state index in [0.29, 0.717) is 14.8 Å². The largest absolute Gasteiger partial charge is 0.503 e. The van der Waals surface area contributed by atoms with Crippen molar-refractivity contribution < 1.29 is 14.6 Å². The van der Waals surface area contributed by atoms with Gasteiger partial charge in [-0.15, -0.1) is 11.3 Å². The molecule has 1 aromatic carbocycles. The van der Waals surface area contributed by atoms with Gasteiger partial charge in [0.15, 0.2) is 17.3 Å². The van der Waals surface area contributed by atoms with Gasteiger partial charge in [-0.05, 0) is 23.8 Å². The maximum Gasteiger partial charge on any atom is 0.266 e. The average molecular weight is 368 g/mol. The van der Waals surface area contributed by atoms with E-state index < -0.39 is 5.41 Å². The van der Waals surface area contributed by atoms with E-state index in [4.69, 9.17) is 16.3 Å². The Bertz CT molecular complexity index is 950. The zero-order valence-electron chi connectivity index (χ0n) is 13.8. The van der Waals surface area contributed by atoms with Crippen LogP contribution in [0.2, 0.25) is 5.02 Å². The summed E-state index contributed by atoms with van der Waals surface area (Å²) in [4.78, 5) is 26.8. The summed E-state index contributed by atoms with van der Waals surface area (Å²) in [6.45, 7) is 5.44. The van der Waals surface area contributed by atoms with Crippen molar-refractivity contribution in [1.82, 2.24) is 4.98 Å². The number of ketones is 1. The van der Waals surface area contributed by atoms with Crippen LogP contribution in [0.15, 0.2) is 16.9 Å². The Labute approximate surface area is 147 Å². The zero-order chi connectivity index (χ0) is 18.1. The van der Waals surface area contributed by atoms with Crippen molar-refractivity contribution in [3.8, 4) is 11.5 Å². The number of thiazole rings is 1. The summed E-state index contributed by atoms with van der Waals surface area (Å²) >= 11 is 7.12. The fourth-order valence-electron chi connectivity index (χ4n) is 1.84. The molecule has 5 nitrogen and oxygen atoms in total. The maximum atomic E-state index is 12.1. The van der Waals surface area contributed by atoms with Gasteiger partial charge in [0.05, 0.1) is 21.3 Å². The van der Waals surface area contributed by atoms with E-state index in [1.54, 1.807) is 12.1 Å². The van der Waals surface area contributed by atoms with Crippen LogP contribution in [0.1, 0.15) is 26.3 Å². The molecule has 0 amide bonds. The summed E-state index contributed by atoms with van der Waals surface area (Å²) in [6, 6.07) is 3.10. The van der Waals surface area contributed by atoms with E-state index in [1.165, 1.54) is 30.6 Å². The van der Waals surface area contributed by atoms with Crippen LogP contribution in [0.4, 0.5) is 0 Å². The van der Waals surface area contributed by atoms with Crippen molar-refractivity contribution in [3.63, 3.8) is 0 Å². The van der Waals surface area contributed by atoms with E-state index in [1.807, 2.05) is 20.8 Å². The minimum Gasteiger partial charge on any atom is -0.503 e. The van der Waals surface area contributed by atoms with E-state index in [0.717, 1.165) is 0 Å². The number of carbonyl (C=O) groups is 1. The average Bonchev–Trinajstić information content (AvgIpc) is 2.81. The van der Waals surface area contributed by atoms with Crippen molar-refractivity contribution in [2.45, 2.75) is 20.8 Å². The molecule has 2 rings (SSSR count). The third kappa shape index (κ3) is 4.07. The van der Waals surface area contributed by atoms with Gasteiger partial charge in [0.1, 0.15) is 0 Å². The lowest BCUT2D eigenvalue weighted by atomic mass is 9.91. The summed E-state index contributed by atoms with van der Waals surface area (Å²) in [7, 11) is 1.41. The molecule has 2 aromatic rings. The number of methoxy groups -OCH3 is 1. The van der Waals surface area contributed by atoms with Gasteiger partial charge in [0, 0.05) is 11.5 Å². The number of hydrogen-bond donors (Lipinski definition) is 2. The molecule has 0 saturated carbocycles. The van der Waals surface area contributed by atoms with Gasteiger partial charge >= 0.3 is 0 Å². The minimum absolute atomic E-state index is 0.0686. The molecule has 2 N–H and O–H groups in total. The predicted octanol–water partition coefficient (Wildman–Crippen LogP) is 2.03. The first-order valence-corrected chi connectivity index (χ1v) is 8.35. The topological polar surface area (TPSA) is 79.4 Å². The van der Waals surface area contributed by atoms with Gasteiger partial charge in [-0.2, -0.15) is 0 Å². The number of benzene rings is 1. The molecule has 24 heavy (non-hydrogen) atoms. The van der Waals surface area contributed by atoms with Crippen LogP contribution >= 0.6 is 22.9 Å². The number of ether oxygens (including phenoxy) is 1. The normalized spacial score (nSPS) is 13.4.